The second-order valence-corrected chi connectivity index (χ2v) is 7.00. The number of carbonyl (C=O) groups excluding carboxylic acids is 2. The third-order valence-electron chi connectivity index (χ3n) is 4.90. The molecule has 0 saturated carbocycles. The summed E-state index contributed by atoms with van der Waals surface area (Å²) < 4.78 is 51.6. The first-order valence-corrected chi connectivity index (χ1v) is 9.63. The quantitative estimate of drug-likeness (QED) is 0.561. The van der Waals surface area contributed by atoms with E-state index in [-0.39, 0.29) is 24.1 Å². The summed E-state index contributed by atoms with van der Waals surface area (Å²) >= 11 is 0. The van der Waals surface area contributed by atoms with E-state index in [0.29, 0.717) is 25.7 Å². The minimum atomic E-state index is -4.65. The molecule has 2 aromatic rings. The van der Waals surface area contributed by atoms with Crippen molar-refractivity contribution in [2.24, 2.45) is 0 Å². The molecule has 0 bridgehead atoms. The Morgan fingerprint density at radius 1 is 1.16 bits per heavy atom. The van der Waals surface area contributed by atoms with E-state index in [2.05, 4.69) is 10.6 Å². The molecule has 1 fully saturated rings. The lowest BCUT2D eigenvalue weighted by Crippen LogP contribution is -2.51. The number of alkyl halides is 3. The highest BCUT2D eigenvalue weighted by Crippen LogP contribution is 2.30. The Hall–Kier alpha value is -3.20. The number of halogens is 4. The van der Waals surface area contributed by atoms with E-state index in [4.69, 9.17) is 0 Å². The van der Waals surface area contributed by atoms with Crippen molar-refractivity contribution in [2.45, 2.75) is 12.2 Å². The summed E-state index contributed by atoms with van der Waals surface area (Å²) in [6.07, 6.45) is -2.61. The average molecular weight is 435 g/mol. The molecule has 9 heteroatoms. The molecule has 3 rings (SSSR count). The van der Waals surface area contributed by atoms with Gasteiger partial charge < -0.3 is 15.5 Å². The number of hydrogen-bond donors (Lipinski definition) is 2. The number of hydrogen-bond acceptors (Lipinski definition) is 3. The van der Waals surface area contributed by atoms with Gasteiger partial charge in [0.25, 0.3) is 0 Å². The van der Waals surface area contributed by atoms with Gasteiger partial charge in [0, 0.05) is 31.3 Å². The molecule has 1 aliphatic heterocycles. The van der Waals surface area contributed by atoms with Crippen molar-refractivity contribution in [1.29, 1.82) is 0 Å². The van der Waals surface area contributed by atoms with E-state index in [0.717, 1.165) is 29.8 Å². The van der Waals surface area contributed by atoms with Crippen LogP contribution in [-0.2, 0) is 15.8 Å². The van der Waals surface area contributed by atoms with E-state index in [1.165, 1.54) is 0 Å². The summed E-state index contributed by atoms with van der Waals surface area (Å²) in [5.41, 5.74) is -0.297. The highest BCUT2D eigenvalue weighted by molar-refractivity contribution is 5.94. The molecule has 0 radical (unpaired) electrons. The second kappa shape index (κ2) is 9.74. The van der Waals surface area contributed by atoms with Crippen molar-refractivity contribution in [2.75, 3.05) is 26.2 Å². The van der Waals surface area contributed by atoms with E-state index < -0.39 is 23.5 Å². The van der Waals surface area contributed by atoms with Gasteiger partial charge in [-0.1, -0.05) is 36.4 Å². The van der Waals surface area contributed by atoms with Crippen LogP contribution in [0.3, 0.4) is 0 Å². The number of nitrogens with zero attached hydrogens (tertiary/aromatic N) is 1. The minimum absolute atomic E-state index is 0.156. The molecule has 5 nitrogen and oxygen atoms in total. The van der Waals surface area contributed by atoms with Crippen LogP contribution in [0.2, 0.25) is 0 Å². The summed E-state index contributed by atoms with van der Waals surface area (Å²) in [5, 5.41) is 5.68. The molecule has 164 valence electrons. The Kier molecular flexibility index (Phi) is 7.06. The molecule has 0 aromatic heterocycles. The van der Waals surface area contributed by atoms with Crippen LogP contribution >= 0.6 is 0 Å². The van der Waals surface area contributed by atoms with Crippen LogP contribution in [0.5, 0.6) is 0 Å². The Morgan fingerprint density at radius 2 is 1.90 bits per heavy atom. The summed E-state index contributed by atoms with van der Waals surface area (Å²) in [4.78, 5) is 26.3. The van der Waals surface area contributed by atoms with Crippen LogP contribution in [0.1, 0.15) is 22.7 Å². The van der Waals surface area contributed by atoms with Gasteiger partial charge in [-0.25, -0.2) is 4.39 Å². The van der Waals surface area contributed by atoms with E-state index >= 15 is 0 Å². The average Bonchev–Trinajstić information content (AvgIpc) is 2.76. The minimum Gasteiger partial charge on any atom is -0.343 e. The largest absolute Gasteiger partial charge is 0.416 e. The van der Waals surface area contributed by atoms with Crippen molar-refractivity contribution in [3.8, 4) is 0 Å². The molecular weight excluding hydrogens is 414 g/mol. The van der Waals surface area contributed by atoms with Crippen molar-refractivity contribution >= 4 is 17.9 Å². The van der Waals surface area contributed by atoms with Gasteiger partial charge in [0.2, 0.25) is 11.8 Å². The van der Waals surface area contributed by atoms with Crippen LogP contribution in [-0.4, -0.2) is 42.9 Å². The van der Waals surface area contributed by atoms with Crippen molar-refractivity contribution < 1.29 is 27.2 Å². The molecule has 1 heterocycles. The van der Waals surface area contributed by atoms with Gasteiger partial charge in [0.1, 0.15) is 5.82 Å². The van der Waals surface area contributed by atoms with Crippen molar-refractivity contribution in [3.63, 3.8) is 0 Å². The first-order valence-electron chi connectivity index (χ1n) is 9.63. The fourth-order valence-corrected chi connectivity index (χ4v) is 3.30. The predicted molar refractivity (Wildman–Crippen MR) is 107 cm³/mol. The Morgan fingerprint density at radius 3 is 2.58 bits per heavy atom. The maximum absolute atomic E-state index is 13.8. The lowest BCUT2D eigenvalue weighted by molar-refractivity contribution is -0.137. The first-order chi connectivity index (χ1) is 14.8. The number of amides is 2. The zero-order valence-electron chi connectivity index (χ0n) is 16.5. The van der Waals surface area contributed by atoms with Gasteiger partial charge in [-0.05, 0) is 23.8 Å². The fraction of sp³-hybridized carbons (Fsp3) is 0.273. The molecule has 0 aliphatic carbocycles. The van der Waals surface area contributed by atoms with Gasteiger partial charge in [-0.2, -0.15) is 13.2 Å². The molecule has 31 heavy (non-hydrogen) atoms. The van der Waals surface area contributed by atoms with Crippen LogP contribution < -0.4 is 10.6 Å². The maximum Gasteiger partial charge on any atom is 0.416 e. The SMILES string of the molecule is O=C(/C=C/c1ccc(C(F)(F)F)cc1F)NCC(=O)N1CCNCC1c1ccccc1. The van der Waals surface area contributed by atoms with Crippen molar-refractivity contribution in [3.05, 3.63) is 77.1 Å². The van der Waals surface area contributed by atoms with E-state index in [9.17, 15) is 27.2 Å². The molecule has 1 saturated heterocycles. The number of rotatable bonds is 5. The summed E-state index contributed by atoms with van der Waals surface area (Å²) in [6.45, 7) is 1.47. The van der Waals surface area contributed by atoms with Crippen LogP contribution in [0.15, 0.2) is 54.6 Å². The monoisotopic (exact) mass is 435 g/mol. The number of piperazine rings is 1. The molecule has 2 amide bonds. The maximum atomic E-state index is 13.8. The lowest BCUT2D eigenvalue weighted by atomic mass is 10.0. The van der Waals surface area contributed by atoms with Gasteiger partial charge in [-0.3, -0.25) is 9.59 Å². The zero-order valence-corrected chi connectivity index (χ0v) is 16.5. The fourth-order valence-electron chi connectivity index (χ4n) is 3.30. The number of nitrogens with one attached hydrogen (secondary N) is 2. The highest BCUT2D eigenvalue weighted by Gasteiger charge is 2.31. The Labute approximate surface area is 176 Å². The van der Waals surface area contributed by atoms with Gasteiger partial charge >= 0.3 is 6.18 Å². The molecule has 1 atom stereocenters. The molecule has 1 aliphatic rings. The smallest absolute Gasteiger partial charge is 0.343 e. The Balaban J connectivity index is 1.58. The molecule has 2 N–H and O–H groups in total. The standard InChI is InChI=1S/C22H21F4N3O2/c23-18-12-17(22(24,25)26)8-6-15(18)7-9-20(30)28-14-21(31)29-11-10-27-13-19(29)16-4-2-1-3-5-16/h1-9,12,19,27H,10-11,13-14H2,(H,28,30)/b9-7+. The molecule has 2 aromatic carbocycles. The normalized spacial score (nSPS) is 17.0. The zero-order chi connectivity index (χ0) is 22.4. The third kappa shape index (κ3) is 5.91. The predicted octanol–water partition coefficient (Wildman–Crippen LogP) is 3.15. The molecular formula is C22H21F4N3O2. The van der Waals surface area contributed by atoms with E-state index in [1.54, 1.807) is 4.90 Å². The third-order valence-corrected chi connectivity index (χ3v) is 4.90. The lowest BCUT2D eigenvalue weighted by Gasteiger charge is -2.36. The Bertz CT molecular complexity index is 961. The van der Waals surface area contributed by atoms with Crippen LogP contribution in [0, 0.1) is 5.82 Å². The van der Waals surface area contributed by atoms with Gasteiger partial charge in [0.15, 0.2) is 0 Å². The topological polar surface area (TPSA) is 61.4 Å². The van der Waals surface area contributed by atoms with Crippen molar-refractivity contribution in [1.82, 2.24) is 15.5 Å². The second-order valence-electron chi connectivity index (χ2n) is 7.00. The summed E-state index contributed by atoms with van der Waals surface area (Å²) in [5.74, 6) is -2.02. The van der Waals surface area contributed by atoms with E-state index in [1.807, 2.05) is 30.3 Å². The van der Waals surface area contributed by atoms with Crippen LogP contribution in [0.4, 0.5) is 17.6 Å². The highest BCUT2D eigenvalue weighted by atomic mass is 19.4. The molecule has 0 spiro atoms. The van der Waals surface area contributed by atoms with Gasteiger partial charge in [-0.15, -0.1) is 0 Å². The number of benzene rings is 2. The van der Waals surface area contributed by atoms with Crippen LogP contribution in [0.25, 0.3) is 6.08 Å². The summed E-state index contributed by atoms with van der Waals surface area (Å²) in [6, 6.07) is 11.4. The first kappa shape index (κ1) is 22.5. The summed E-state index contributed by atoms with van der Waals surface area (Å²) in [7, 11) is 0. The molecule has 1 unspecified atom stereocenters. The van der Waals surface area contributed by atoms with Gasteiger partial charge in [0.05, 0.1) is 18.2 Å². The number of carbonyl (C=O) groups is 2.